The van der Waals surface area contributed by atoms with Gasteiger partial charge in [-0.25, -0.2) is 4.98 Å². The number of aromatic amines is 2. The Balaban J connectivity index is 1.52. The van der Waals surface area contributed by atoms with Gasteiger partial charge in [0.15, 0.2) is 0 Å². The average Bonchev–Trinajstić information content (AvgIpc) is 3.51. The van der Waals surface area contributed by atoms with Gasteiger partial charge in [0.25, 0.3) is 0 Å². The van der Waals surface area contributed by atoms with Crippen LogP contribution in [0.2, 0.25) is 0 Å². The van der Waals surface area contributed by atoms with Gasteiger partial charge in [0.05, 0.1) is 34.8 Å². The molecule has 0 aliphatic rings. The molecule has 0 aliphatic carbocycles. The summed E-state index contributed by atoms with van der Waals surface area (Å²) < 4.78 is 0. The van der Waals surface area contributed by atoms with E-state index < -0.39 is 0 Å². The molecule has 6 rings (SSSR count). The molecule has 0 saturated heterocycles. The van der Waals surface area contributed by atoms with E-state index in [-0.39, 0.29) is 5.75 Å². The van der Waals surface area contributed by atoms with Crippen LogP contribution in [0.15, 0.2) is 66.6 Å². The summed E-state index contributed by atoms with van der Waals surface area (Å²) in [4.78, 5) is 17.8. The molecule has 0 saturated carbocycles. The van der Waals surface area contributed by atoms with Gasteiger partial charge in [-0.05, 0) is 35.7 Å². The van der Waals surface area contributed by atoms with Gasteiger partial charge in [0.1, 0.15) is 17.0 Å². The first-order chi connectivity index (χ1) is 14.8. The number of thiophene rings is 1. The summed E-state index contributed by atoms with van der Waals surface area (Å²) in [6, 6.07) is 11.7. The number of pyridine rings is 3. The Morgan fingerprint density at radius 1 is 0.933 bits per heavy atom. The first kappa shape index (κ1) is 16.9. The van der Waals surface area contributed by atoms with Crippen LogP contribution in [0.1, 0.15) is 0 Å². The average molecular weight is 410 g/mol. The zero-order valence-electron chi connectivity index (χ0n) is 15.5. The summed E-state index contributed by atoms with van der Waals surface area (Å²) in [5.74, 6) is 0.103. The second-order valence-corrected chi connectivity index (χ2v) is 7.85. The quantitative estimate of drug-likeness (QED) is 0.381. The summed E-state index contributed by atoms with van der Waals surface area (Å²) in [5, 5.41) is 20.5. The number of hydrogen-bond acceptors (Lipinski definition) is 6. The van der Waals surface area contributed by atoms with Gasteiger partial charge >= 0.3 is 0 Å². The molecule has 6 aromatic heterocycles. The smallest absolute Gasteiger partial charge is 0.135 e. The van der Waals surface area contributed by atoms with Crippen LogP contribution < -0.4 is 0 Å². The van der Waals surface area contributed by atoms with Crippen LogP contribution in [0.4, 0.5) is 0 Å². The molecule has 8 heteroatoms. The summed E-state index contributed by atoms with van der Waals surface area (Å²) in [6.45, 7) is 0. The Morgan fingerprint density at radius 2 is 1.87 bits per heavy atom. The number of rotatable bonds is 3. The van der Waals surface area contributed by atoms with Crippen molar-refractivity contribution >= 4 is 33.3 Å². The van der Waals surface area contributed by atoms with Crippen LogP contribution >= 0.6 is 11.3 Å². The van der Waals surface area contributed by atoms with Crippen molar-refractivity contribution in [1.29, 1.82) is 0 Å². The zero-order valence-corrected chi connectivity index (χ0v) is 16.3. The van der Waals surface area contributed by atoms with E-state index >= 15 is 0 Å². The highest BCUT2D eigenvalue weighted by atomic mass is 32.1. The number of H-pyrrole nitrogens is 2. The van der Waals surface area contributed by atoms with Crippen LogP contribution in [0.3, 0.4) is 0 Å². The molecule has 6 aromatic rings. The molecule has 6 heterocycles. The Kier molecular flexibility index (Phi) is 3.65. The third-order valence-corrected chi connectivity index (χ3v) is 5.92. The lowest BCUT2D eigenvalue weighted by Crippen LogP contribution is -1.86. The van der Waals surface area contributed by atoms with Crippen molar-refractivity contribution < 1.29 is 5.11 Å². The number of aromatic nitrogens is 6. The molecule has 0 amide bonds. The van der Waals surface area contributed by atoms with E-state index in [1.54, 1.807) is 23.6 Å². The lowest BCUT2D eigenvalue weighted by Gasteiger charge is -2.01. The van der Waals surface area contributed by atoms with Crippen molar-refractivity contribution in [3.8, 4) is 38.8 Å². The Bertz CT molecular complexity index is 1520. The van der Waals surface area contributed by atoms with Crippen molar-refractivity contribution in [2.45, 2.75) is 0 Å². The third kappa shape index (κ3) is 2.66. The van der Waals surface area contributed by atoms with E-state index in [1.807, 2.05) is 30.6 Å². The van der Waals surface area contributed by atoms with E-state index in [0.29, 0.717) is 5.69 Å². The zero-order chi connectivity index (χ0) is 20.1. The van der Waals surface area contributed by atoms with E-state index in [9.17, 15) is 5.11 Å². The highest BCUT2D eigenvalue weighted by molar-refractivity contribution is 7.13. The lowest BCUT2D eigenvalue weighted by atomic mass is 10.1. The van der Waals surface area contributed by atoms with Crippen molar-refractivity contribution in [2.24, 2.45) is 0 Å². The number of hydrogen-bond donors (Lipinski definition) is 3. The Hall–Kier alpha value is -4.04. The molecule has 144 valence electrons. The summed E-state index contributed by atoms with van der Waals surface area (Å²) in [5.41, 5.74) is 6.65. The summed E-state index contributed by atoms with van der Waals surface area (Å²) in [6.07, 6.45) is 6.78. The predicted octanol–water partition coefficient (Wildman–Crippen LogP) is 5.00. The van der Waals surface area contributed by atoms with Crippen LogP contribution in [0.25, 0.3) is 55.0 Å². The number of nitrogens with zero attached hydrogens (tertiary/aromatic N) is 4. The molecule has 0 aromatic carbocycles. The van der Waals surface area contributed by atoms with Crippen molar-refractivity contribution in [3.63, 3.8) is 0 Å². The fraction of sp³-hybridized carbons (Fsp3) is 0. The molecule has 3 N–H and O–H groups in total. The number of aromatic hydroxyl groups is 1. The third-order valence-electron chi connectivity index (χ3n) is 5.01. The fourth-order valence-corrected chi connectivity index (χ4v) is 4.37. The molecule has 0 aliphatic heterocycles. The molecule has 0 atom stereocenters. The number of fused-ring (bicyclic) bond motifs is 2. The maximum absolute atomic E-state index is 9.75. The standard InChI is InChI=1S/C22H14N6OS/c29-13-6-12(8-23-9-13)16-3-4-17-21(26-16)22(28-27-17)18-7-14-15(20-2-1-5-30-20)10-24-11-19(14)25-18/h1-11,25,29H,(H,27,28). The van der Waals surface area contributed by atoms with Crippen molar-refractivity contribution in [2.75, 3.05) is 0 Å². The largest absolute Gasteiger partial charge is 0.506 e. The summed E-state index contributed by atoms with van der Waals surface area (Å²) >= 11 is 1.69. The minimum Gasteiger partial charge on any atom is -0.506 e. The molecule has 0 unspecified atom stereocenters. The molecule has 0 spiro atoms. The molecular formula is C22H14N6OS. The molecule has 0 fully saturated rings. The van der Waals surface area contributed by atoms with Crippen LogP contribution in [0.5, 0.6) is 5.75 Å². The monoisotopic (exact) mass is 410 g/mol. The minimum absolute atomic E-state index is 0.103. The van der Waals surface area contributed by atoms with Gasteiger partial charge in [-0.2, -0.15) is 5.10 Å². The highest BCUT2D eigenvalue weighted by Gasteiger charge is 2.16. The SMILES string of the molecule is Oc1cncc(-c2ccc3[nH]nc(-c4cc5c(-c6cccs6)cncc5[nH]4)c3n2)c1. The molecule has 30 heavy (non-hydrogen) atoms. The van der Waals surface area contributed by atoms with Crippen molar-refractivity contribution in [3.05, 3.63) is 66.6 Å². The maximum Gasteiger partial charge on any atom is 0.135 e. The van der Waals surface area contributed by atoms with Gasteiger partial charge < -0.3 is 10.1 Å². The minimum atomic E-state index is 0.103. The first-order valence-electron chi connectivity index (χ1n) is 9.27. The van der Waals surface area contributed by atoms with Gasteiger partial charge in [0.2, 0.25) is 0 Å². The lowest BCUT2D eigenvalue weighted by molar-refractivity contribution is 0.473. The van der Waals surface area contributed by atoms with Crippen molar-refractivity contribution in [1.82, 2.24) is 30.1 Å². The highest BCUT2D eigenvalue weighted by Crippen LogP contribution is 2.35. The normalized spacial score (nSPS) is 11.5. The summed E-state index contributed by atoms with van der Waals surface area (Å²) in [7, 11) is 0. The molecule has 7 nitrogen and oxygen atoms in total. The number of nitrogens with one attached hydrogen (secondary N) is 2. The van der Waals surface area contributed by atoms with Crippen LogP contribution in [0, 0.1) is 0 Å². The van der Waals surface area contributed by atoms with Crippen LogP contribution in [-0.2, 0) is 0 Å². The van der Waals surface area contributed by atoms with E-state index in [0.717, 1.165) is 44.5 Å². The van der Waals surface area contributed by atoms with E-state index in [4.69, 9.17) is 4.98 Å². The molecule has 0 bridgehead atoms. The fourth-order valence-electron chi connectivity index (χ4n) is 3.62. The predicted molar refractivity (Wildman–Crippen MR) is 117 cm³/mol. The topological polar surface area (TPSA) is 103 Å². The maximum atomic E-state index is 9.75. The molecular weight excluding hydrogens is 396 g/mol. The van der Waals surface area contributed by atoms with Crippen LogP contribution in [-0.4, -0.2) is 35.2 Å². The van der Waals surface area contributed by atoms with Gasteiger partial charge in [0, 0.05) is 33.8 Å². The van der Waals surface area contributed by atoms with E-state index in [1.165, 1.54) is 11.1 Å². The Morgan fingerprint density at radius 3 is 2.73 bits per heavy atom. The van der Waals surface area contributed by atoms with Gasteiger partial charge in [-0.3, -0.25) is 15.1 Å². The second kappa shape index (κ2) is 6.50. The van der Waals surface area contributed by atoms with Gasteiger partial charge in [-0.15, -0.1) is 11.3 Å². The molecule has 0 radical (unpaired) electrons. The first-order valence-corrected chi connectivity index (χ1v) is 10.1. The second-order valence-electron chi connectivity index (χ2n) is 6.91. The van der Waals surface area contributed by atoms with Gasteiger partial charge in [-0.1, -0.05) is 6.07 Å². The van der Waals surface area contributed by atoms with E-state index in [2.05, 4.69) is 42.7 Å². The Labute approximate surface area is 174 Å².